The van der Waals surface area contributed by atoms with Crippen molar-refractivity contribution in [3.05, 3.63) is 35.6 Å². The van der Waals surface area contributed by atoms with Crippen LogP contribution in [-0.2, 0) is 4.79 Å². The molecule has 1 aromatic carbocycles. The van der Waals surface area contributed by atoms with Gasteiger partial charge in [0.1, 0.15) is 5.82 Å². The summed E-state index contributed by atoms with van der Waals surface area (Å²) in [6.07, 6.45) is 3.88. The molecule has 17 heavy (non-hydrogen) atoms. The van der Waals surface area contributed by atoms with Crippen molar-refractivity contribution in [2.45, 2.75) is 31.3 Å². The van der Waals surface area contributed by atoms with Crippen LogP contribution in [0, 0.1) is 5.82 Å². The van der Waals surface area contributed by atoms with Crippen molar-refractivity contribution in [1.82, 2.24) is 10.6 Å². The van der Waals surface area contributed by atoms with E-state index in [-0.39, 0.29) is 17.9 Å². The first-order chi connectivity index (χ1) is 8.29. The first-order valence-electron chi connectivity index (χ1n) is 5.98. The quantitative estimate of drug-likeness (QED) is 0.782. The van der Waals surface area contributed by atoms with Gasteiger partial charge in [-0.15, -0.1) is 0 Å². The summed E-state index contributed by atoms with van der Waals surface area (Å²) < 4.78 is 13.1. The van der Waals surface area contributed by atoms with Crippen LogP contribution < -0.4 is 10.6 Å². The Hall–Kier alpha value is -1.42. The summed E-state index contributed by atoms with van der Waals surface area (Å²) in [7, 11) is 0. The maximum absolute atomic E-state index is 13.1. The third-order valence-corrected chi connectivity index (χ3v) is 3.18. The highest BCUT2D eigenvalue weighted by Gasteiger charge is 2.21. The van der Waals surface area contributed by atoms with Gasteiger partial charge in [-0.2, -0.15) is 0 Å². The average Bonchev–Trinajstić information content (AvgIpc) is 2.37. The van der Waals surface area contributed by atoms with Gasteiger partial charge in [-0.3, -0.25) is 4.79 Å². The lowest BCUT2D eigenvalue weighted by molar-refractivity contribution is -0.109. The third kappa shape index (κ3) is 3.27. The molecule has 1 saturated heterocycles. The van der Waals surface area contributed by atoms with Crippen LogP contribution in [0.2, 0.25) is 0 Å². The highest BCUT2D eigenvalue weighted by atomic mass is 19.1. The Labute approximate surface area is 100 Å². The fourth-order valence-corrected chi connectivity index (χ4v) is 2.36. The number of nitrogens with one attached hydrogen (secondary N) is 2. The number of amides is 1. The first kappa shape index (κ1) is 12.0. The minimum atomic E-state index is -0.197. The van der Waals surface area contributed by atoms with Gasteiger partial charge in [0.15, 0.2) is 0 Å². The Morgan fingerprint density at radius 3 is 3.12 bits per heavy atom. The highest BCUT2D eigenvalue weighted by molar-refractivity contribution is 5.45. The van der Waals surface area contributed by atoms with E-state index in [9.17, 15) is 9.18 Å². The van der Waals surface area contributed by atoms with Gasteiger partial charge >= 0.3 is 0 Å². The lowest BCUT2D eigenvalue weighted by atomic mass is 9.93. The molecule has 0 radical (unpaired) electrons. The highest BCUT2D eigenvalue weighted by Crippen LogP contribution is 2.25. The van der Waals surface area contributed by atoms with Crippen LogP contribution in [0.5, 0.6) is 0 Å². The van der Waals surface area contributed by atoms with Crippen molar-refractivity contribution in [3.63, 3.8) is 0 Å². The molecule has 3 nitrogen and oxygen atoms in total. The summed E-state index contributed by atoms with van der Waals surface area (Å²) in [6, 6.07) is 7.18. The summed E-state index contributed by atoms with van der Waals surface area (Å²) in [5.41, 5.74) is 0.987. The standard InChI is InChI=1S/C13H17FN2O/c14-11-4-1-3-10(7-11)13-6-2-5-12(16-13)8-15-9-17/h1,3-4,7,9,12-13,16H,2,5-6,8H2,(H,15,17). The predicted molar refractivity (Wildman–Crippen MR) is 64.0 cm³/mol. The molecule has 2 unspecified atom stereocenters. The molecule has 2 N–H and O–H groups in total. The van der Waals surface area contributed by atoms with E-state index < -0.39 is 0 Å². The largest absolute Gasteiger partial charge is 0.357 e. The van der Waals surface area contributed by atoms with Gasteiger partial charge in [-0.05, 0) is 37.0 Å². The van der Waals surface area contributed by atoms with Crippen LogP contribution in [0.25, 0.3) is 0 Å². The summed E-state index contributed by atoms with van der Waals surface area (Å²) >= 11 is 0. The normalized spacial score (nSPS) is 24.3. The third-order valence-electron chi connectivity index (χ3n) is 3.18. The van der Waals surface area contributed by atoms with Gasteiger partial charge in [0.2, 0.25) is 6.41 Å². The molecule has 1 aliphatic heterocycles. The van der Waals surface area contributed by atoms with Crippen LogP contribution in [-0.4, -0.2) is 19.0 Å². The second kappa shape index (κ2) is 5.77. The van der Waals surface area contributed by atoms with Gasteiger partial charge < -0.3 is 10.6 Å². The molecule has 4 heteroatoms. The number of carbonyl (C=O) groups is 1. The number of hydrogen-bond acceptors (Lipinski definition) is 2. The summed E-state index contributed by atoms with van der Waals surface area (Å²) in [4.78, 5) is 10.3. The van der Waals surface area contributed by atoms with Crippen molar-refractivity contribution in [3.8, 4) is 0 Å². The molecule has 1 heterocycles. The average molecular weight is 236 g/mol. The number of halogens is 1. The Morgan fingerprint density at radius 2 is 2.35 bits per heavy atom. The topological polar surface area (TPSA) is 41.1 Å². The number of carbonyl (C=O) groups excluding carboxylic acids is 1. The second-order valence-electron chi connectivity index (χ2n) is 4.43. The van der Waals surface area contributed by atoms with Gasteiger partial charge in [-0.1, -0.05) is 12.1 Å². The molecule has 1 aromatic rings. The SMILES string of the molecule is O=CNCC1CCCC(c2cccc(F)c2)N1. The first-order valence-corrected chi connectivity index (χ1v) is 5.98. The van der Waals surface area contributed by atoms with Gasteiger partial charge in [0, 0.05) is 18.6 Å². The Bertz CT molecular complexity index is 383. The molecule has 1 amide bonds. The molecule has 0 spiro atoms. The van der Waals surface area contributed by atoms with Crippen molar-refractivity contribution >= 4 is 6.41 Å². The molecule has 0 aromatic heterocycles. The molecule has 0 bridgehead atoms. The molecule has 1 aliphatic rings. The van der Waals surface area contributed by atoms with E-state index in [1.54, 1.807) is 12.1 Å². The zero-order chi connectivity index (χ0) is 12.1. The Balaban J connectivity index is 1.99. The number of hydrogen-bond donors (Lipinski definition) is 2. The van der Waals surface area contributed by atoms with Crippen LogP contribution in [0.15, 0.2) is 24.3 Å². The Kier molecular flexibility index (Phi) is 4.09. The van der Waals surface area contributed by atoms with E-state index in [1.807, 2.05) is 6.07 Å². The monoisotopic (exact) mass is 236 g/mol. The number of rotatable bonds is 4. The van der Waals surface area contributed by atoms with Gasteiger partial charge in [-0.25, -0.2) is 4.39 Å². The van der Waals surface area contributed by atoms with Crippen molar-refractivity contribution in [2.75, 3.05) is 6.54 Å². The predicted octanol–water partition coefficient (Wildman–Crippen LogP) is 1.75. The van der Waals surface area contributed by atoms with E-state index >= 15 is 0 Å². The number of piperidine rings is 1. The van der Waals surface area contributed by atoms with Crippen LogP contribution in [0.1, 0.15) is 30.9 Å². The zero-order valence-corrected chi connectivity index (χ0v) is 9.66. The maximum Gasteiger partial charge on any atom is 0.207 e. The van der Waals surface area contributed by atoms with E-state index in [0.29, 0.717) is 13.0 Å². The lowest BCUT2D eigenvalue weighted by Crippen LogP contribution is -2.43. The Morgan fingerprint density at radius 1 is 1.47 bits per heavy atom. The summed E-state index contributed by atoms with van der Waals surface area (Å²) in [5.74, 6) is -0.197. The fraction of sp³-hybridized carbons (Fsp3) is 0.462. The second-order valence-corrected chi connectivity index (χ2v) is 4.43. The number of benzene rings is 1. The van der Waals surface area contributed by atoms with Crippen molar-refractivity contribution in [1.29, 1.82) is 0 Å². The molecular weight excluding hydrogens is 219 g/mol. The molecule has 0 aliphatic carbocycles. The molecule has 2 atom stereocenters. The molecule has 1 fully saturated rings. The molecule has 92 valence electrons. The van der Waals surface area contributed by atoms with Crippen molar-refractivity contribution in [2.24, 2.45) is 0 Å². The summed E-state index contributed by atoms with van der Waals surface area (Å²) in [6.45, 7) is 0.634. The fourth-order valence-electron chi connectivity index (χ4n) is 2.36. The van der Waals surface area contributed by atoms with Crippen LogP contribution >= 0.6 is 0 Å². The summed E-state index contributed by atoms with van der Waals surface area (Å²) in [5, 5.41) is 6.13. The lowest BCUT2D eigenvalue weighted by Gasteiger charge is -2.31. The van der Waals surface area contributed by atoms with Crippen LogP contribution in [0.4, 0.5) is 4.39 Å². The molecule has 2 rings (SSSR count). The van der Waals surface area contributed by atoms with Crippen LogP contribution in [0.3, 0.4) is 0 Å². The minimum absolute atomic E-state index is 0.193. The molecule has 0 saturated carbocycles. The zero-order valence-electron chi connectivity index (χ0n) is 9.66. The smallest absolute Gasteiger partial charge is 0.207 e. The molecular formula is C13H17FN2O. The van der Waals surface area contributed by atoms with E-state index in [4.69, 9.17) is 0 Å². The van der Waals surface area contributed by atoms with E-state index in [1.165, 1.54) is 6.07 Å². The van der Waals surface area contributed by atoms with Crippen molar-refractivity contribution < 1.29 is 9.18 Å². The van der Waals surface area contributed by atoms with Gasteiger partial charge in [0.25, 0.3) is 0 Å². The minimum Gasteiger partial charge on any atom is -0.357 e. The van der Waals surface area contributed by atoms with E-state index in [0.717, 1.165) is 24.8 Å². The maximum atomic E-state index is 13.1. The van der Waals surface area contributed by atoms with Gasteiger partial charge in [0.05, 0.1) is 0 Å². The van der Waals surface area contributed by atoms with E-state index in [2.05, 4.69) is 10.6 Å².